The Morgan fingerprint density at radius 3 is 2.72 bits per heavy atom. The van der Waals surface area contributed by atoms with Crippen LogP contribution in [0.2, 0.25) is 0 Å². The molecule has 0 bridgehead atoms. The number of hydrogen-bond acceptors (Lipinski definition) is 2. The molecule has 0 radical (unpaired) electrons. The fraction of sp³-hybridized carbons (Fsp3) is 0.462. The van der Waals surface area contributed by atoms with E-state index in [0.29, 0.717) is 9.26 Å². The number of carbonyl (C=O) groups is 1. The molecule has 0 heterocycles. The van der Waals surface area contributed by atoms with Crippen LogP contribution in [0.5, 0.6) is 0 Å². The topological polar surface area (TPSA) is 41.1 Å². The summed E-state index contributed by atoms with van der Waals surface area (Å²) < 4.78 is 13.8. The van der Waals surface area contributed by atoms with E-state index in [2.05, 4.69) is 10.6 Å². The Bertz CT molecular complexity index is 425. The molecule has 5 heteroatoms. The van der Waals surface area contributed by atoms with Crippen molar-refractivity contribution >= 4 is 34.2 Å². The summed E-state index contributed by atoms with van der Waals surface area (Å²) in [7, 11) is 0. The zero-order chi connectivity index (χ0) is 13.7. The molecule has 0 spiro atoms. The fourth-order valence-corrected chi connectivity index (χ4v) is 1.90. The summed E-state index contributed by atoms with van der Waals surface area (Å²) in [4.78, 5) is 11.8. The van der Waals surface area contributed by atoms with Crippen molar-refractivity contribution in [2.75, 3.05) is 5.32 Å². The highest BCUT2D eigenvalue weighted by molar-refractivity contribution is 14.1. The highest BCUT2D eigenvalue weighted by Crippen LogP contribution is 2.21. The van der Waals surface area contributed by atoms with Crippen LogP contribution < -0.4 is 10.6 Å². The number of rotatable bonds is 5. The van der Waals surface area contributed by atoms with Gasteiger partial charge in [0.15, 0.2) is 0 Å². The first-order valence-electron chi connectivity index (χ1n) is 5.96. The summed E-state index contributed by atoms with van der Waals surface area (Å²) in [6.45, 7) is 5.73. The van der Waals surface area contributed by atoms with Gasteiger partial charge in [-0.25, -0.2) is 4.39 Å². The standard InChI is InChI=1S/C13H18FIN2O/c1-4-8(2)16-13(18)9(3)17-11-7-5-6-10(14)12(11)15/h5-9,17H,4H2,1-3H3,(H,16,18). The van der Waals surface area contributed by atoms with Gasteiger partial charge in [-0.3, -0.25) is 4.79 Å². The molecule has 1 aromatic carbocycles. The molecule has 100 valence electrons. The highest BCUT2D eigenvalue weighted by Gasteiger charge is 2.16. The van der Waals surface area contributed by atoms with E-state index in [0.717, 1.165) is 6.42 Å². The summed E-state index contributed by atoms with van der Waals surface area (Å²) in [6, 6.07) is 4.54. The molecule has 2 N–H and O–H groups in total. The molecule has 0 aliphatic carbocycles. The maximum atomic E-state index is 13.3. The average molecular weight is 364 g/mol. The number of halogens is 2. The van der Waals surface area contributed by atoms with E-state index in [9.17, 15) is 9.18 Å². The lowest BCUT2D eigenvalue weighted by Crippen LogP contribution is -2.42. The van der Waals surface area contributed by atoms with E-state index in [1.54, 1.807) is 19.1 Å². The molecule has 0 aromatic heterocycles. The summed E-state index contributed by atoms with van der Waals surface area (Å²) in [5.41, 5.74) is 0.641. The number of nitrogens with one attached hydrogen (secondary N) is 2. The second-order valence-electron chi connectivity index (χ2n) is 4.29. The normalized spacial score (nSPS) is 13.8. The van der Waals surface area contributed by atoms with Crippen molar-refractivity contribution in [2.45, 2.75) is 39.3 Å². The second kappa shape index (κ2) is 6.92. The third-order valence-electron chi connectivity index (χ3n) is 2.72. The van der Waals surface area contributed by atoms with Crippen LogP contribution in [0.4, 0.5) is 10.1 Å². The van der Waals surface area contributed by atoms with Gasteiger partial charge >= 0.3 is 0 Å². The Kier molecular flexibility index (Phi) is 5.84. The van der Waals surface area contributed by atoms with E-state index in [-0.39, 0.29) is 17.8 Å². The van der Waals surface area contributed by atoms with Gasteiger partial charge in [0.2, 0.25) is 5.91 Å². The summed E-state index contributed by atoms with van der Waals surface area (Å²) >= 11 is 1.93. The lowest BCUT2D eigenvalue weighted by Gasteiger charge is -2.19. The van der Waals surface area contributed by atoms with Gasteiger partial charge in [-0.1, -0.05) is 13.0 Å². The van der Waals surface area contributed by atoms with Gasteiger partial charge < -0.3 is 10.6 Å². The Balaban J connectivity index is 2.67. The molecule has 1 rings (SSSR count). The molecule has 0 fully saturated rings. The van der Waals surface area contributed by atoms with E-state index in [1.807, 2.05) is 36.4 Å². The molecule has 0 aliphatic heterocycles. The fourth-order valence-electron chi connectivity index (χ4n) is 1.38. The lowest BCUT2D eigenvalue weighted by molar-refractivity contribution is -0.122. The molecular formula is C13H18FIN2O. The van der Waals surface area contributed by atoms with Crippen LogP contribution in [0, 0.1) is 9.39 Å². The maximum absolute atomic E-state index is 13.3. The predicted molar refractivity (Wildman–Crippen MR) is 80.1 cm³/mol. The minimum absolute atomic E-state index is 0.0792. The van der Waals surface area contributed by atoms with Gasteiger partial charge in [0.05, 0.1) is 9.26 Å². The lowest BCUT2D eigenvalue weighted by atomic mass is 10.2. The van der Waals surface area contributed by atoms with Crippen molar-refractivity contribution in [1.29, 1.82) is 0 Å². The van der Waals surface area contributed by atoms with Crippen molar-refractivity contribution in [1.82, 2.24) is 5.32 Å². The Morgan fingerprint density at radius 1 is 1.44 bits per heavy atom. The Morgan fingerprint density at radius 2 is 2.11 bits per heavy atom. The van der Waals surface area contributed by atoms with Crippen LogP contribution in [-0.2, 0) is 4.79 Å². The first-order valence-corrected chi connectivity index (χ1v) is 7.04. The Labute approximate surface area is 121 Å². The summed E-state index contributed by atoms with van der Waals surface area (Å²) in [6.07, 6.45) is 0.885. The van der Waals surface area contributed by atoms with Crippen molar-refractivity contribution in [3.8, 4) is 0 Å². The monoisotopic (exact) mass is 364 g/mol. The summed E-state index contributed by atoms with van der Waals surface area (Å²) in [5.74, 6) is -0.362. The molecule has 0 aliphatic rings. The first kappa shape index (κ1) is 15.2. The number of benzene rings is 1. The molecule has 3 nitrogen and oxygen atoms in total. The zero-order valence-corrected chi connectivity index (χ0v) is 12.9. The number of carbonyl (C=O) groups excluding carboxylic acids is 1. The van der Waals surface area contributed by atoms with Crippen LogP contribution in [0.15, 0.2) is 18.2 Å². The SMILES string of the molecule is CCC(C)NC(=O)C(C)Nc1cccc(F)c1I. The van der Waals surface area contributed by atoms with Crippen molar-refractivity contribution < 1.29 is 9.18 Å². The van der Waals surface area contributed by atoms with E-state index in [4.69, 9.17) is 0 Å². The van der Waals surface area contributed by atoms with Gasteiger partial charge in [-0.15, -0.1) is 0 Å². The van der Waals surface area contributed by atoms with Gasteiger partial charge in [-0.05, 0) is 55.0 Å². The second-order valence-corrected chi connectivity index (χ2v) is 5.36. The molecule has 2 atom stereocenters. The van der Waals surface area contributed by atoms with Crippen molar-refractivity contribution in [3.05, 3.63) is 27.6 Å². The summed E-state index contributed by atoms with van der Waals surface area (Å²) in [5, 5.41) is 5.91. The van der Waals surface area contributed by atoms with Crippen LogP contribution in [0.3, 0.4) is 0 Å². The minimum atomic E-state index is -0.394. The first-order chi connectivity index (χ1) is 8.45. The van der Waals surface area contributed by atoms with Crippen LogP contribution >= 0.6 is 22.6 Å². The van der Waals surface area contributed by atoms with E-state index >= 15 is 0 Å². The molecule has 0 saturated heterocycles. The molecule has 2 unspecified atom stereocenters. The number of hydrogen-bond donors (Lipinski definition) is 2. The zero-order valence-electron chi connectivity index (χ0n) is 10.8. The highest BCUT2D eigenvalue weighted by atomic mass is 127. The quantitative estimate of drug-likeness (QED) is 0.789. The van der Waals surface area contributed by atoms with Crippen LogP contribution in [0.1, 0.15) is 27.2 Å². The smallest absolute Gasteiger partial charge is 0.242 e. The Hall–Kier alpha value is -0.850. The number of anilines is 1. The number of amides is 1. The van der Waals surface area contributed by atoms with Crippen LogP contribution in [0.25, 0.3) is 0 Å². The maximum Gasteiger partial charge on any atom is 0.242 e. The van der Waals surface area contributed by atoms with Gasteiger partial charge in [0.25, 0.3) is 0 Å². The molecule has 18 heavy (non-hydrogen) atoms. The molecule has 1 amide bonds. The van der Waals surface area contributed by atoms with Gasteiger partial charge in [0.1, 0.15) is 11.9 Å². The third-order valence-corrected chi connectivity index (χ3v) is 3.81. The van der Waals surface area contributed by atoms with E-state index < -0.39 is 6.04 Å². The molecule has 0 saturated carbocycles. The van der Waals surface area contributed by atoms with Gasteiger partial charge in [-0.2, -0.15) is 0 Å². The van der Waals surface area contributed by atoms with Gasteiger partial charge in [0, 0.05) is 6.04 Å². The van der Waals surface area contributed by atoms with E-state index in [1.165, 1.54) is 6.07 Å². The predicted octanol–water partition coefficient (Wildman–Crippen LogP) is 3.15. The largest absolute Gasteiger partial charge is 0.373 e. The van der Waals surface area contributed by atoms with Crippen LogP contribution in [-0.4, -0.2) is 18.0 Å². The molecular weight excluding hydrogens is 346 g/mol. The van der Waals surface area contributed by atoms with Crippen molar-refractivity contribution in [3.63, 3.8) is 0 Å². The van der Waals surface area contributed by atoms with Crippen molar-refractivity contribution in [2.24, 2.45) is 0 Å². The average Bonchev–Trinajstić information content (AvgIpc) is 2.34. The third kappa shape index (κ3) is 4.12. The molecule has 1 aromatic rings. The minimum Gasteiger partial charge on any atom is -0.373 e.